The van der Waals surface area contributed by atoms with Crippen LogP contribution in [0.15, 0.2) is 23.3 Å². The predicted molar refractivity (Wildman–Crippen MR) is 142 cm³/mol. The number of hydrogen-bond donors (Lipinski definition) is 1. The van der Waals surface area contributed by atoms with Crippen LogP contribution in [0.3, 0.4) is 0 Å². The van der Waals surface area contributed by atoms with Crippen molar-refractivity contribution in [1.82, 2.24) is 0 Å². The highest BCUT2D eigenvalue weighted by Crippen LogP contribution is 2.35. The van der Waals surface area contributed by atoms with Crippen molar-refractivity contribution in [3.63, 3.8) is 0 Å². The van der Waals surface area contributed by atoms with Gasteiger partial charge in [0.05, 0.1) is 31.0 Å². The van der Waals surface area contributed by atoms with E-state index in [0.717, 1.165) is 38.5 Å². The van der Waals surface area contributed by atoms with Crippen LogP contribution in [0.5, 0.6) is 0 Å². The lowest BCUT2D eigenvalue weighted by Gasteiger charge is -2.39. The highest BCUT2D eigenvalue weighted by atomic mass is 28.4. The lowest BCUT2D eigenvalue weighted by molar-refractivity contribution is -0.0979. The topological polar surface area (TPSA) is 47.9 Å². The average molecular weight is 485 g/mol. The lowest BCUT2D eigenvalue weighted by Crippen LogP contribution is -2.47. The third kappa shape index (κ3) is 12.3. The average Bonchev–Trinajstić information content (AvgIpc) is 2.78. The third-order valence-corrected chi connectivity index (χ3v) is 8.16. The number of rotatable bonds is 12. The molecule has 2 unspecified atom stereocenters. The number of aliphatic hydroxyl groups excluding tert-OH is 1. The maximum absolute atomic E-state index is 10.5. The summed E-state index contributed by atoms with van der Waals surface area (Å²) in [7, 11) is -3.20. The molecule has 0 aromatic rings. The van der Waals surface area contributed by atoms with E-state index in [1.165, 1.54) is 11.1 Å². The van der Waals surface area contributed by atoms with Crippen LogP contribution in [-0.4, -0.2) is 52.8 Å². The SMILES string of the molecule is CC(C)=CCC(O)C(C)CCC[C@]1(C)OCC(=CCO[Si](C)(C)C)CC[C@H]1O[Si](C)(C)C. The molecule has 0 aromatic heterocycles. The second-order valence-corrected chi connectivity index (χ2v) is 21.1. The zero-order valence-corrected chi connectivity index (χ0v) is 24.7. The highest BCUT2D eigenvalue weighted by Gasteiger charge is 2.40. The molecule has 4 nitrogen and oxygen atoms in total. The smallest absolute Gasteiger partial charge is 0.184 e. The summed E-state index contributed by atoms with van der Waals surface area (Å²) in [5.74, 6) is 0.283. The van der Waals surface area contributed by atoms with E-state index in [2.05, 4.69) is 79.1 Å². The Balaban J connectivity index is 2.78. The Kier molecular flexibility index (Phi) is 12.1. The summed E-state index contributed by atoms with van der Waals surface area (Å²) >= 11 is 0. The van der Waals surface area contributed by atoms with Gasteiger partial charge in [-0.05, 0) is 104 Å². The molecule has 1 rings (SSSR count). The van der Waals surface area contributed by atoms with Gasteiger partial charge in [-0.2, -0.15) is 0 Å². The molecule has 4 atom stereocenters. The first-order valence-corrected chi connectivity index (χ1v) is 19.4. The summed E-state index contributed by atoms with van der Waals surface area (Å²) in [6.45, 7) is 23.4. The van der Waals surface area contributed by atoms with Crippen LogP contribution < -0.4 is 0 Å². The summed E-state index contributed by atoms with van der Waals surface area (Å²) in [6, 6.07) is 0. The van der Waals surface area contributed by atoms with Crippen LogP contribution in [0.25, 0.3) is 0 Å². The number of ether oxygens (including phenoxy) is 1. The van der Waals surface area contributed by atoms with Crippen molar-refractivity contribution in [2.24, 2.45) is 5.92 Å². The monoisotopic (exact) mass is 484 g/mol. The fourth-order valence-corrected chi connectivity index (χ4v) is 5.82. The van der Waals surface area contributed by atoms with Crippen LogP contribution in [-0.2, 0) is 13.6 Å². The second-order valence-electron chi connectivity index (χ2n) is 12.1. The quantitative estimate of drug-likeness (QED) is 0.237. The highest BCUT2D eigenvalue weighted by molar-refractivity contribution is 6.70. The largest absolute Gasteiger partial charge is 0.414 e. The first kappa shape index (κ1) is 29.8. The van der Waals surface area contributed by atoms with E-state index in [4.69, 9.17) is 13.6 Å². The van der Waals surface area contributed by atoms with Crippen molar-refractivity contribution >= 4 is 16.6 Å². The molecule has 0 spiro atoms. The van der Waals surface area contributed by atoms with Gasteiger partial charge in [0.1, 0.15) is 0 Å². The Hall–Kier alpha value is -0.246. The maximum atomic E-state index is 10.5. The Labute approximate surface area is 201 Å². The van der Waals surface area contributed by atoms with Gasteiger partial charge in [0.25, 0.3) is 0 Å². The van der Waals surface area contributed by atoms with E-state index in [-0.39, 0.29) is 23.7 Å². The number of allylic oxidation sites excluding steroid dienone is 1. The van der Waals surface area contributed by atoms with Crippen LogP contribution in [0.1, 0.15) is 66.2 Å². The lowest BCUT2D eigenvalue weighted by atomic mass is 9.87. The van der Waals surface area contributed by atoms with Crippen molar-refractivity contribution in [2.45, 2.75) is 123 Å². The van der Waals surface area contributed by atoms with Gasteiger partial charge in [-0.3, -0.25) is 0 Å². The zero-order chi connectivity index (χ0) is 24.6. The van der Waals surface area contributed by atoms with E-state index in [1.807, 2.05) is 0 Å². The Morgan fingerprint density at radius 2 is 1.84 bits per heavy atom. The molecule has 0 saturated carbocycles. The van der Waals surface area contributed by atoms with E-state index in [0.29, 0.717) is 13.2 Å². The first-order valence-electron chi connectivity index (χ1n) is 12.6. The van der Waals surface area contributed by atoms with E-state index in [9.17, 15) is 5.11 Å². The van der Waals surface area contributed by atoms with E-state index in [1.54, 1.807) is 0 Å². The molecule has 1 aliphatic heterocycles. The number of aliphatic hydroxyl groups is 1. The van der Waals surface area contributed by atoms with Crippen molar-refractivity contribution < 1.29 is 18.7 Å². The van der Waals surface area contributed by atoms with E-state index >= 15 is 0 Å². The van der Waals surface area contributed by atoms with Gasteiger partial charge in [-0.1, -0.05) is 31.1 Å². The Bertz CT molecular complexity index is 614. The maximum Gasteiger partial charge on any atom is 0.184 e. The molecule has 0 bridgehead atoms. The standard InChI is InChI=1S/C26H52O4Si2/c1-21(2)13-15-24(27)22(3)12-11-18-26(4)25(30-32(8,9)10)16-14-23(20-28-26)17-19-29-31(5,6)7/h13,17,22,24-25,27H,11-12,14-16,18-20H2,1-10H3/t22?,24?,25-,26+/m1/s1. The molecule has 0 aliphatic carbocycles. The van der Waals surface area contributed by atoms with Crippen molar-refractivity contribution in [3.8, 4) is 0 Å². The normalized spacial score (nSPS) is 26.0. The van der Waals surface area contributed by atoms with Crippen molar-refractivity contribution in [1.29, 1.82) is 0 Å². The van der Waals surface area contributed by atoms with Gasteiger partial charge in [0.2, 0.25) is 0 Å². The van der Waals surface area contributed by atoms with Crippen LogP contribution in [0.2, 0.25) is 39.3 Å². The minimum Gasteiger partial charge on any atom is -0.414 e. The molecule has 188 valence electrons. The summed E-state index contributed by atoms with van der Waals surface area (Å²) in [5.41, 5.74) is 2.31. The van der Waals surface area contributed by atoms with Crippen LogP contribution >= 0.6 is 0 Å². The van der Waals surface area contributed by atoms with Crippen LogP contribution in [0, 0.1) is 5.92 Å². The first-order chi connectivity index (χ1) is 14.6. The van der Waals surface area contributed by atoms with E-state index < -0.39 is 16.6 Å². The fourth-order valence-electron chi connectivity index (χ4n) is 4.01. The predicted octanol–water partition coefficient (Wildman–Crippen LogP) is 7.08. The second kappa shape index (κ2) is 13.0. The third-order valence-electron chi connectivity index (χ3n) is 6.14. The molecule has 0 radical (unpaired) electrons. The molecule has 1 aliphatic rings. The van der Waals surface area contributed by atoms with Crippen molar-refractivity contribution in [2.75, 3.05) is 13.2 Å². The summed E-state index contributed by atoms with van der Waals surface area (Å²) in [6.07, 6.45) is 9.95. The van der Waals surface area contributed by atoms with Gasteiger partial charge in [-0.15, -0.1) is 0 Å². The van der Waals surface area contributed by atoms with Crippen molar-refractivity contribution in [3.05, 3.63) is 23.3 Å². The Morgan fingerprint density at radius 1 is 1.19 bits per heavy atom. The van der Waals surface area contributed by atoms with Gasteiger partial charge >= 0.3 is 0 Å². The molecule has 0 amide bonds. The molecule has 0 aromatic carbocycles. The Morgan fingerprint density at radius 3 is 2.41 bits per heavy atom. The molecular weight excluding hydrogens is 432 g/mol. The van der Waals surface area contributed by atoms with Gasteiger partial charge < -0.3 is 18.7 Å². The summed E-state index contributed by atoms with van der Waals surface area (Å²) in [4.78, 5) is 0. The molecule has 1 N–H and O–H groups in total. The van der Waals surface area contributed by atoms with Gasteiger partial charge in [-0.25, -0.2) is 0 Å². The molecular formula is C26H52O4Si2. The van der Waals surface area contributed by atoms with Gasteiger partial charge in [0.15, 0.2) is 16.6 Å². The summed E-state index contributed by atoms with van der Waals surface area (Å²) in [5, 5.41) is 10.5. The zero-order valence-electron chi connectivity index (χ0n) is 22.7. The van der Waals surface area contributed by atoms with Gasteiger partial charge in [0, 0.05) is 0 Å². The minimum absolute atomic E-state index is 0.115. The molecule has 1 heterocycles. The molecule has 6 heteroatoms. The molecule has 32 heavy (non-hydrogen) atoms. The van der Waals surface area contributed by atoms with Crippen LogP contribution in [0.4, 0.5) is 0 Å². The minimum atomic E-state index is -1.69. The summed E-state index contributed by atoms with van der Waals surface area (Å²) < 4.78 is 19.3. The fraction of sp³-hybridized carbons (Fsp3) is 0.846. The molecule has 1 saturated heterocycles. The number of hydrogen-bond acceptors (Lipinski definition) is 4. The molecule has 1 fully saturated rings.